The number of rotatable bonds is 2. The van der Waals surface area contributed by atoms with E-state index in [1.165, 1.54) is 33.5 Å². The number of aromatic nitrogens is 2. The summed E-state index contributed by atoms with van der Waals surface area (Å²) in [6, 6.07) is 23.8. The van der Waals surface area contributed by atoms with E-state index in [2.05, 4.69) is 102 Å². The van der Waals surface area contributed by atoms with E-state index in [0.29, 0.717) is 0 Å². The van der Waals surface area contributed by atoms with Crippen LogP contribution in [0.4, 0.5) is 0 Å². The maximum Gasteiger partial charge on any atom is 0.0813 e. The second-order valence-electron chi connectivity index (χ2n) is 6.97. The van der Waals surface area contributed by atoms with Gasteiger partial charge in [-0.1, -0.05) is 84.5 Å². The van der Waals surface area contributed by atoms with Crippen molar-refractivity contribution >= 4 is 11.1 Å². The molecule has 1 aliphatic heterocycles. The molecule has 5 rings (SSSR count). The fourth-order valence-electron chi connectivity index (χ4n) is 4.21. The van der Waals surface area contributed by atoms with Gasteiger partial charge in [0.2, 0.25) is 0 Å². The van der Waals surface area contributed by atoms with Crippen molar-refractivity contribution in [3.05, 3.63) is 114 Å². The van der Waals surface area contributed by atoms with Crippen LogP contribution in [0.5, 0.6) is 0 Å². The van der Waals surface area contributed by atoms with Crippen molar-refractivity contribution in [3.8, 4) is 0 Å². The third-order valence-corrected chi connectivity index (χ3v) is 5.33. The summed E-state index contributed by atoms with van der Waals surface area (Å²) in [6.45, 7) is 2.18. The summed E-state index contributed by atoms with van der Waals surface area (Å²) in [5.41, 5.74) is 7.70. The minimum Gasteiger partial charge on any atom is -0.257 e. The highest BCUT2D eigenvalue weighted by atomic mass is 15.3. The van der Waals surface area contributed by atoms with E-state index in [0.717, 1.165) is 0 Å². The van der Waals surface area contributed by atoms with Crippen LogP contribution in [0.15, 0.2) is 96.7 Å². The fraction of sp³-hybridized carbons (Fsp3) is 0.125. The van der Waals surface area contributed by atoms with Crippen LogP contribution in [-0.2, 0) is 0 Å². The van der Waals surface area contributed by atoms with Crippen LogP contribution in [0, 0.1) is 5.92 Å². The number of allylic oxidation sites excluding steroid dienone is 5. The van der Waals surface area contributed by atoms with Gasteiger partial charge in [0.05, 0.1) is 11.7 Å². The lowest BCUT2D eigenvalue weighted by atomic mass is 9.75. The maximum absolute atomic E-state index is 4.67. The molecule has 1 aromatic heterocycles. The molecule has 0 saturated carbocycles. The minimum absolute atomic E-state index is 0.228. The summed E-state index contributed by atoms with van der Waals surface area (Å²) in [5.74, 6) is 0.282. The van der Waals surface area contributed by atoms with Crippen LogP contribution in [0.2, 0.25) is 0 Å². The molecule has 3 aromatic rings. The van der Waals surface area contributed by atoms with E-state index >= 15 is 0 Å². The first-order chi connectivity index (χ1) is 12.8. The second-order valence-corrected chi connectivity index (χ2v) is 6.97. The molecule has 126 valence electrons. The highest BCUT2D eigenvalue weighted by Gasteiger charge is 2.35. The summed E-state index contributed by atoms with van der Waals surface area (Å²) in [7, 11) is 0. The smallest absolute Gasteiger partial charge is 0.0813 e. The Hall–Kier alpha value is -3.13. The zero-order valence-electron chi connectivity index (χ0n) is 14.7. The molecule has 2 aromatic carbocycles. The first-order valence-corrected chi connectivity index (χ1v) is 9.08. The van der Waals surface area contributed by atoms with Crippen LogP contribution < -0.4 is 0 Å². The van der Waals surface area contributed by atoms with Crippen LogP contribution in [0.3, 0.4) is 0 Å². The first-order valence-electron chi connectivity index (χ1n) is 9.08. The van der Waals surface area contributed by atoms with E-state index in [-0.39, 0.29) is 12.0 Å². The van der Waals surface area contributed by atoms with Crippen molar-refractivity contribution < 1.29 is 0 Å². The molecule has 2 heterocycles. The Kier molecular flexibility index (Phi) is 3.49. The molecule has 0 amide bonds. The second kappa shape index (κ2) is 5.99. The molecule has 0 N–H and O–H groups in total. The molecule has 1 aliphatic carbocycles. The van der Waals surface area contributed by atoms with Crippen molar-refractivity contribution in [2.75, 3.05) is 0 Å². The average Bonchev–Trinajstić information content (AvgIpc) is 3.17. The van der Waals surface area contributed by atoms with Gasteiger partial charge < -0.3 is 0 Å². The van der Waals surface area contributed by atoms with Crippen molar-refractivity contribution in [1.82, 2.24) is 9.78 Å². The quantitative estimate of drug-likeness (QED) is 0.602. The van der Waals surface area contributed by atoms with Crippen LogP contribution in [0.1, 0.15) is 29.8 Å². The topological polar surface area (TPSA) is 17.8 Å². The molecule has 0 radical (unpaired) electrons. The average molecular weight is 336 g/mol. The highest BCUT2D eigenvalue weighted by molar-refractivity contribution is 6.00. The Balaban J connectivity index is 1.87. The molecular weight excluding hydrogens is 316 g/mol. The van der Waals surface area contributed by atoms with Gasteiger partial charge in [-0.15, -0.1) is 0 Å². The molecule has 2 heteroatoms. The molecule has 0 bridgehead atoms. The molecule has 0 fully saturated rings. The van der Waals surface area contributed by atoms with Crippen molar-refractivity contribution in [3.63, 3.8) is 0 Å². The Labute approximate surface area is 153 Å². The van der Waals surface area contributed by atoms with E-state index in [1.54, 1.807) is 0 Å². The van der Waals surface area contributed by atoms with Gasteiger partial charge in [0.1, 0.15) is 0 Å². The van der Waals surface area contributed by atoms with Crippen molar-refractivity contribution in [1.29, 1.82) is 0 Å². The normalized spacial score (nSPS) is 21.2. The maximum atomic E-state index is 4.67. The standard InChI is InChI=1S/C24H20N2/c1-17-12-13-21-20(16-17)23(18-8-4-2-5-9-18)24(19-10-6-3-7-11-19)22-14-15-25-26(21)22/h2-16,20-21H,1H3. The largest absolute Gasteiger partial charge is 0.257 e. The van der Waals surface area contributed by atoms with Gasteiger partial charge in [0.25, 0.3) is 0 Å². The number of hydrogen-bond donors (Lipinski definition) is 0. The van der Waals surface area contributed by atoms with Crippen molar-refractivity contribution in [2.24, 2.45) is 5.92 Å². The summed E-state index contributed by atoms with van der Waals surface area (Å²) >= 11 is 0. The SMILES string of the molecule is CC1=CC2C(c3ccccc3)=C(c3ccccc3)c3ccnn3C2C=C1. The van der Waals surface area contributed by atoms with Crippen LogP contribution in [-0.4, -0.2) is 9.78 Å². The Morgan fingerprint density at radius 1 is 0.846 bits per heavy atom. The number of benzene rings is 2. The highest BCUT2D eigenvalue weighted by Crippen LogP contribution is 2.48. The van der Waals surface area contributed by atoms with Gasteiger partial charge in [-0.05, 0) is 29.7 Å². The molecule has 2 nitrogen and oxygen atoms in total. The summed E-state index contributed by atoms with van der Waals surface area (Å²) in [5, 5.41) is 4.67. The van der Waals surface area contributed by atoms with Gasteiger partial charge >= 0.3 is 0 Å². The molecule has 2 aliphatic rings. The van der Waals surface area contributed by atoms with E-state index in [4.69, 9.17) is 0 Å². The summed E-state index contributed by atoms with van der Waals surface area (Å²) in [4.78, 5) is 0. The van der Waals surface area contributed by atoms with E-state index in [1.807, 2.05) is 6.20 Å². The molecular formula is C24H20N2. The Morgan fingerprint density at radius 3 is 2.27 bits per heavy atom. The molecule has 0 saturated heterocycles. The van der Waals surface area contributed by atoms with Crippen LogP contribution in [0.25, 0.3) is 11.1 Å². The zero-order chi connectivity index (χ0) is 17.5. The van der Waals surface area contributed by atoms with Gasteiger partial charge in [-0.2, -0.15) is 5.10 Å². The monoisotopic (exact) mass is 336 g/mol. The first kappa shape index (κ1) is 15.2. The predicted molar refractivity (Wildman–Crippen MR) is 106 cm³/mol. The fourth-order valence-corrected chi connectivity index (χ4v) is 4.21. The molecule has 26 heavy (non-hydrogen) atoms. The van der Waals surface area contributed by atoms with Gasteiger partial charge in [0.15, 0.2) is 0 Å². The van der Waals surface area contributed by atoms with Crippen molar-refractivity contribution in [2.45, 2.75) is 13.0 Å². The third kappa shape index (κ3) is 2.30. The zero-order valence-corrected chi connectivity index (χ0v) is 14.7. The molecule has 2 atom stereocenters. The lowest BCUT2D eigenvalue weighted by Crippen LogP contribution is -2.27. The lowest BCUT2D eigenvalue weighted by Gasteiger charge is -2.36. The van der Waals surface area contributed by atoms with Gasteiger partial charge in [0, 0.05) is 17.7 Å². The summed E-state index contributed by atoms with van der Waals surface area (Å²) < 4.78 is 2.18. The Bertz CT molecular complexity index is 1040. The third-order valence-electron chi connectivity index (χ3n) is 5.33. The molecule has 0 spiro atoms. The van der Waals surface area contributed by atoms with Gasteiger partial charge in [-0.25, -0.2) is 0 Å². The van der Waals surface area contributed by atoms with Gasteiger partial charge in [-0.3, -0.25) is 4.68 Å². The number of hydrogen-bond acceptors (Lipinski definition) is 1. The van der Waals surface area contributed by atoms with Crippen LogP contribution >= 0.6 is 0 Å². The summed E-state index contributed by atoms with van der Waals surface area (Å²) in [6.07, 6.45) is 8.81. The Morgan fingerprint density at radius 2 is 1.54 bits per heavy atom. The lowest BCUT2D eigenvalue weighted by molar-refractivity contribution is 0.467. The predicted octanol–water partition coefficient (Wildman–Crippen LogP) is 5.53. The number of nitrogens with zero attached hydrogens (tertiary/aromatic N) is 2. The minimum atomic E-state index is 0.228. The van der Waals surface area contributed by atoms with E-state index in [9.17, 15) is 0 Å². The molecule has 2 unspecified atom stereocenters. The van der Waals surface area contributed by atoms with E-state index < -0.39 is 0 Å². The number of fused-ring (bicyclic) bond motifs is 3.